The molecular formula is C10H14N2O3. The molecule has 0 aliphatic rings. The molecule has 15 heavy (non-hydrogen) atoms. The van der Waals surface area contributed by atoms with E-state index in [0.29, 0.717) is 5.76 Å². The van der Waals surface area contributed by atoms with Crippen LogP contribution in [0.5, 0.6) is 0 Å². The number of hydrogen-bond donors (Lipinski definition) is 1. The third-order valence-corrected chi connectivity index (χ3v) is 2.28. The summed E-state index contributed by atoms with van der Waals surface area (Å²) in [5, 5.41) is 13.4. The van der Waals surface area contributed by atoms with Crippen molar-refractivity contribution >= 4 is 12.0 Å². The second-order valence-electron chi connectivity index (χ2n) is 3.33. The van der Waals surface area contributed by atoms with E-state index in [2.05, 4.69) is 5.32 Å². The summed E-state index contributed by atoms with van der Waals surface area (Å²) >= 11 is 0. The Morgan fingerprint density at radius 2 is 2.33 bits per heavy atom. The van der Waals surface area contributed by atoms with Gasteiger partial charge in [-0.05, 0) is 33.0 Å². The fourth-order valence-electron chi connectivity index (χ4n) is 1.09. The van der Waals surface area contributed by atoms with Gasteiger partial charge in [0.2, 0.25) is 0 Å². The van der Waals surface area contributed by atoms with Crippen molar-refractivity contribution in [2.24, 2.45) is 0 Å². The van der Waals surface area contributed by atoms with Crippen LogP contribution in [0, 0.1) is 10.1 Å². The molecule has 1 rings (SSSR count). The molecule has 5 heteroatoms. The van der Waals surface area contributed by atoms with Crippen molar-refractivity contribution in [1.29, 1.82) is 0 Å². The second-order valence-corrected chi connectivity index (χ2v) is 3.33. The Morgan fingerprint density at radius 1 is 1.67 bits per heavy atom. The Balaban J connectivity index is 2.84. The third-order valence-electron chi connectivity index (χ3n) is 2.28. The molecule has 0 saturated heterocycles. The topological polar surface area (TPSA) is 68.3 Å². The molecule has 5 nitrogen and oxygen atoms in total. The number of likely N-dealkylation sites (N-methyl/N-ethyl adjacent to an activating group) is 1. The first kappa shape index (κ1) is 11.5. The lowest BCUT2D eigenvalue weighted by molar-refractivity contribution is -0.402. The first-order valence-corrected chi connectivity index (χ1v) is 4.64. The summed E-state index contributed by atoms with van der Waals surface area (Å²) < 4.78 is 5.01. The van der Waals surface area contributed by atoms with Crippen molar-refractivity contribution < 1.29 is 9.34 Å². The predicted octanol–water partition coefficient (Wildman–Crippen LogP) is 2.20. The lowest BCUT2D eigenvalue weighted by atomic mass is 10.1. The summed E-state index contributed by atoms with van der Waals surface area (Å²) in [5.74, 6) is 0.271. The van der Waals surface area contributed by atoms with Crippen LogP contribution in [0.25, 0.3) is 6.08 Å². The van der Waals surface area contributed by atoms with Crippen molar-refractivity contribution in [3.8, 4) is 0 Å². The molecule has 0 amide bonds. The van der Waals surface area contributed by atoms with Crippen LogP contribution in [0.3, 0.4) is 0 Å². The van der Waals surface area contributed by atoms with Gasteiger partial charge in [-0.25, -0.2) is 0 Å². The smallest absolute Gasteiger partial charge is 0.401 e. The average molecular weight is 210 g/mol. The normalized spacial score (nSPS) is 13.9. The van der Waals surface area contributed by atoms with E-state index in [-0.39, 0.29) is 11.9 Å². The first-order valence-electron chi connectivity index (χ1n) is 4.64. The van der Waals surface area contributed by atoms with Crippen LogP contribution in [-0.4, -0.2) is 18.0 Å². The standard InChI is InChI=1S/C10H14N2O3/c1-7(8(2)11-3)6-9-4-5-10(15-9)12(13)14/h4-6,8,11H,1-3H3/b7-6+. The molecule has 0 fully saturated rings. The summed E-state index contributed by atoms with van der Waals surface area (Å²) in [6, 6.07) is 3.15. The minimum absolute atomic E-state index is 0.217. The highest BCUT2D eigenvalue weighted by molar-refractivity contribution is 5.49. The first-order chi connectivity index (χ1) is 7.04. The van der Waals surface area contributed by atoms with E-state index in [4.69, 9.17) is 4.42 Å². The van der Waals surface area contributed by atoms with Gasteiger partial charge in [0.1, 0.15) is 10.7 Å². The van der Waals surface area contributed by atoms with Crippen LogP contribution in [0.4, 0.5) is 5.88 Å². The molecule has 82 valence electrons. The molecule has 1 atom stereocenters. The minimum atomic E-state index is -0.547. The number of nitro groups is 1. The average Bonchev–Trinajstić information content (AvgIpc) is 2.65. The molecule has 0 saturated carbocycles. The Bertz CT molecular complexity index is 382. The van der Waals surface area contributed by atoms with E-state index >= 15 is 0 Å². The van der Waals surface area contributed by atoms with Crippen LogP contribution in [0.15, 0.2) is 22.1 Å². The van der Waals surface area contributed by atoms with Gasteiger partial charge in [-0.3, -0.25) is 10.1 Å². The number of rotatable bonds is 4. The fraction of sp³-hybridized carbons (Fsp3) is 0.400. The highest BCUT2D eigenvalue weighted by atomic mass is 16.6. The maximum absolute atomic E-state index is 10.4. The van der Waals surface area contributed by atoms with Crippen molar-refractivity contribution in [3.05, 3.63) is 33.6 Å². The molecule has 0 bridgehead atoms. The van der Waals surface area contributed by atoms with Crippen LogP contribution >= 0.6 is 0 Å². The lowest BCUT2D eigenvalue weighted by Crippen LogP contribution is -2.21. The maximum Gasteiger partial charge on any atom is 0.433 e. The Labute approximate surface area is 87.9 Å². The van der Waals surface area contributed by atoms with E-state index in [9.17, 15) is 10.1 Å². The van der Waals surface area contributed by atoms with Gasteiger partial charge in [-0.2, -0.15) is 0 Å². The van der Waals surface area contributed by atoms with Crippen LogP contribution in [0.1, 0.15) is 19.6 Å². The number of nitrogens with one attached hydrogen (secondary N) is 1. The van der Waals surface area contributed by atoms with Gasteiger partial charge < -0.3 is 9.73 Å². The van der Waals surface area contributed by atoms with Gasteiger partial charge in [0, 0.05) is 6.04 Å². The Hall–Kier alpha value is -1.62. The van der Waals surface area contributed by atoms with E-state index in [0.717, 1.165) is 5.57 Å². The molecule has 0 spiro atoms. The zero-order valence-electron chi connectivity index (χ0n) is 8.98. The number of nitrogens with zero attached hydrogens (tertiary/aromatic N) is 1. The third kappa shape index (κ3) is 2.92. The van der Waals surface area contributed by atoms with E-state index in [1.807, 2.05) is 20.9 Å². The van der Waals surface area contributed by atoms with Crippen LogP contribution in [0.2, 0.25) is 0 Å². The molecule has 0 aliphatic carbocycles. The molecular weight excluding hydrogens is 196 g/mol. The quantitative estimate of drug-likeness (QED) is 0.611. The zero-order valence-corrected chi connectivity index (χ0v) is 8.98. The van der Waals surface area contributed by atoms with Gasteiger partial charge in [-0.15, -0.1) is 0 Å². The van der Waals surface area contributed by atoms with Crippen LogP contribution < -0.4 is 5.32 Å². The minimum Gasteiger partial charge on any atom is -0.401 e. The summed E-state index contributed by atoms with van der Waals surface area (Å²) in [6.07, 6.45) is 1.79. The second kappa shape index (κ2) is 4.75. The summed E-state index contributed by atoms with van der Waals surface area (Å²) in [6.45, 7) is 3.94. The fourth-order valence-corrected chi connectivity index (χ4v) is 1.09. The SMILES string of the molecule is CNC(C)/C(C)=C/c1ccc([N+](=O)[O-])o1. The maximum atomic E-state index is 10.4. The molecule has 0 aromatic carbocycles. The molecule has 1 aromatic rings. The van der Waals surface area contributed by atoms with E-state index < -0.39 is 4.92 Å². The molecule has 1 aromatic heterocycles. The van der Waals surface area contributed by atoms with Crippen molar-refractivity contribution in [1.82, 2.24) is 5.32 Å². The van der Waals surface area contributed by atoms with E-state index in [1.165, 1.54) is 6.07 Å². The van der Waals surface area contributed by atoms with Crippen LogP contribution in [-0.2, 0) is 0 Å². The Morgan fingerprint density at radius 3 is 2.80 bits per heavy atom. The highest BCUT2D eigenvalue weighted by Gasteiger charge is 2.11. The summed E-state index contributed by atoms with van der Waals surface area (Å²) in [7, 11) is 1.85. The van der Waals surface area contributed by atoms with Gasteiger partial charge in [0.25, 0.3) is 0 Å². The van der Waals surface area contributed by atoms with Crippen molar-refractivity contribution in [3.63, 3.8) is 0 Å². The molecule has 1 heterocycles. The molecule has 1 unspecified atom stereocenters. The van der Waals surface area contributed by atoms with Gasteiger partial charge in [-0.1, -0.05) is 5.57 Å². The van der Waals surface area contributed by atoms with Gasteiger partial charge >= 0.3 is 5.88 Å². The summed E-state index contributed by atoms with van der Waals surface area (Å²) in [5.41, 5.74) is 1.06. The molecule has 0 radical (unpaired) electrons. The monoisotopic (exact) mass is 210 g/mol. The Kier molecular flexibility index (Phi) is 3.62. The van der Waals surface area contributed by atoms with Gasteiger partial charge in [0.05, 0.1) is 6.07 Å². The zero-order chi connectivity index (χ0) is 11.4. The highest BCUT2D eigenvalue weighted by Crippen LogP contribution is 2.18. The lowest BCUT2D eigenvalue weighted by Gasteiger charge is -2.09. The van der Waals surface area contributed by atoms with E-state index in [1.54, 1.807) is 12.1 Å². The molecule has 0 aliphatic heterocycles. The summed E-state index contributed by atoms with van der Waals surface area (Å²) in [4.78, 5) is 9.82. The van der Waals surface area contributed by atoms with Crippen molar-refractivity contribution in [2.45, 2.75) is 19.9 Å². The predicted molar refractivity (Wildman–Crippen MR) is 57.5 cm³/mol. The van der Waals surface area contributed by atoms with Gasteiger partial charge in [0.15, 0.2) is 0 Å². The number of hydrogen-bond acceptors (Lipinski definition) is 4. The largest absolute Gasteiger partial charge is 0.433 e. The number of furan rings is 1. The molecule has 1 N–H and O–H groups in total. The van der Waals surface area contributed by atoms with Crippen molar-refractivity contribution in [2.75, 3.05) is 7.05 Å².